The quantitative estimate of drug-likeness (QED) is 0.744. The Morgan fingerprint density at radius 3 is 2.68 bits per heavy atom. The van der Waals surface area contributed by atoms with Crippen LogP contribution in [0, 0.1) is 6.92 Å². The van der Waals surface area contributed by atoms with Gasteiger partial charge in [0.15, 0.2) is 0 Å². The third kappa shape index (κ3) is 3.55. The molecule has 0 fully saturated rings. The number of aryl methyl sites for hydroxylation is 1. The SMILES string of the molecule is Cc1cc2cc(CC(=O)NCCc3ccccc3)ccc2[nH]1. The lowest BCUT2D eigenvalue weighted by Gasteiger charge is -2.06. The summed E-state index contributed by atoms with van der Waals surface area (Å²) in [6.45, 7) is 2.71. The minimum atomic E-state index is 0.0718. The van der Waals surface area contributed by atoms with Gasteiger partial charge in [-0.25, -0.2) is 0 Å². The molecule has 0 spiro atoms. The Morgan fingerprint density at radius 2 is 1.86 bits per heavy atom. The van der Waals surface area contributed by atoms with Crippen LogP contribution in [0.15, 0.2) is 54.6 Å². The topological polar surface area (TPSA) is 44.9 Å². The molecule has 3 heteroatoms. The highest BCUT2D eigenvalue weighted by atomic mass is 16.1. The first-order valence-corrected chi connectivity index (χ1v) is 7.59. The lowest BCUT2D eigenvalue weighted by Crippen LogP contribution is -2.27. The molecule has 0 saturated heterocycles. The molecule has 2 aromatic carbocycles. The van der Waals surface area contributed by atoms with E-state index in [-0.39, 0.29) is 5.91 Å². The van der Waals surface area contributed by atoms with Crippen LogP contribution in [0.1, 0.15) is 16.8 Å². The smallest absolute Gasteiger partial charge is 0.224 e. The van der Waals surface area contributed by atoms with Crippen molar-refractivity contribution in [3.8, 4) is 0 Å². The lowest BCUT2D eigenvalue weighted by atomic mass is 10.1. The standard InChI is InChI=1S/C19H20N2O/c1-14-11-17-12-16(7-8-18(17)21-14)13-19(22)20-10-9-15-5-3-2-4-6-15/h2-8,11-12,21H,9-10,13H2,1H3,(H,20,22). The van der Waals surface area contributed by atoms with Gasteiger partial charge in [-0.1, -0.05) is 36.4 Å². The molecule has 3 rings (SSSR count). The monoisotopic (exact) mass is 292 g/mol. The second kappa shape index (κ2) is 6.48. The van der Waals surface area contributed by atoms with E-state index in [1.807, 2.05) is 37.3 Å². The van der Waals surface area contributed by atoms with Crippen molar-refractivity contribution in [1.82, 2.24) is 10.3 Å². The van der Waals surface area contributed by atoms with Crippen molar-refractivity contribution in [2.24, 2.45) is 0 Å². The van der Waals surface area contributed by atoms with Gasteiger partial charge in [0.2, 0.25) is 5.91 Å². The average Bonchev–Trinajstić information content (AvgIpc) is 2.87. The Balaban J connectivity index is 1.54. The molecule has 1 amide bonds. The number of hydrogen-bond donors (Lipinski definition) is 2. The van der Waals surface area contributed by atoms with E-state index < -0.39 is 0 Å². The normalized spacial score (nSPS) is 10.8. The Bertz CT molecular complexity index is 774. The molecule has 3 nitrogen and oxygen atoms in total. The zero-order valence-corrected chi connectivity index (χ0v) is 12.7. The van der Waals surface area contributed by atoms with Crippen LogP contribution in [0.25, 0.3) is 10.9 Å². The van der Waals surface area contributed by atoms with Gasteiger partial charge in [0.25, 0.3) is 0 Å². The number of carbonyl (C=O) groups excluding carboxylic acids is 1. The molecule has 0 bridgehead atoms. The molecule has 2 N–H and O–H groups in total. The van der Waals surface area contributed by atoms with Crippen LogP contribution in [0.4, 0.5) is 0 Å². The Hall–Kier alpha value is -2.55. The summed E-state index contributed by atoms with van der Waals surface area (Å²) in [5.74, 6) is 0.0718. The molecule has 22 heavy (non-hydrogen) atoms. The van der Waals surface area contributed by atoms with E-state index in [0.29, 0.717) is 13.0 Å². The minimum absolute atomic E-state index is 0.0718. The van der Waals surface area contributed by atoms with E-state index in [2.05, 4.69) is 34.6 Å². The van der Waals surface area contributed by atoms with Crippen molar-refractivity contribution in [2.45, 2.75) is 19.8 Å². The van der Waals surface area contributed by atoms with Gasteiger partial charge >= 0.3 is 0 Å². The third-order valence-electron chi connectivity index (χ3n) is 3.76. The molecule has 0 saturated carbocycles. The molecule has 0 unspecified atom stereocenters. The fourth-order valence-corrected chi connectivity index (χ4v) is 2.68. The lowest BCUT2D eigenvalue weighted by molar-refractivity contribution is -0.120. The average molecular weight is 292 g/mol. The highest BCUT2D eigenvalue weighted by Gasteiger charge is 2.05. The predicted molar refractivity (Wildman–Crippen MR) is 89.9 cm³/mol. The van der Waals surface area contributed by atoms with Gasteiger partial charge < -0.3 is 10.3 Å². The molecule has 0 atom stereocenters. The van der Waals surface area contributed by atoms with Crippen molar-refractivity contribution < 1.29 is 4.79 Å². The van der Waals surface area contributed by atoms with Crippen molar-refractivity contribution in [2.75, 3.05) is 6.54 Å². The Labute approximate surface area is 130 Å². The van der Waals surface area contributed by atoms with Crippen LogP contribution in [-0.2, 0) is 17.6 Å². The first-order valence-electron chi connectivity index (χ1n) is 7.59. The number of H-pyrrole nitrogens is 1. The number of aromatic amines is 1. The van der Waals surface area contributed by atoms with E-state index in [0.717, 1.165) is 28.6 Å². The van der Waals surface area contributed by atoms with Crippen molar-refractivity contribution in [3.63, 3.8) is 0 Å². The maximum absolute atomic E-state index is 12.0. The summed E-state index contributed by atoms with van der Waals surface area (Å²) >= 11 is 0. The largest absolute Gasteiger partial charge is 0.359 e. The summed E-state index contributed by atoms with van der Waals surface area (Å²) < 4.78 is 0. The third-order valence-corrected chi connectivity index (χ3v) is 3.76. The zero-order chi connectivity index (χ0) is 15.4. The molecule has 112 valence electrons. The van der Waals surface area contributed by atoms with Gasteiger partial charge in [-0.05, 0) is 48.1 Å². The number of fused-ring (bicyclic) bond motifs is 1. The number of nitrogens with one attached hydrogen (secondary N) is 2. The van der Waals surface area contributed by atoms with Gasteiger partial charge in [-0.2, -0.15) is 0 Å². The van der Waals surface area contributed by atoms with E-state index in [4.69, 9.17) is 0 Å². The van der Waals surface area contributed by atoms with E-state index in [1.54, 1.807) is 0 Å². The fourth-order valence-electron chi connectivity index (χ4n) is 2.68. The van der Waals surface area contributed by atoms with Gasteiger partial charge in [-0.15, -0.1) is 0 Å². The highest BCUT2D eigenvalue weighted by molar-refractivity contribution is 5.84. The molecule has 0 aliphatic rings. The van der Waals surface area contributed by atoms with Gasteiger partial charge in [0.1, 0.15) is 0 Å². The molecule has 1 heterocycles. The summed E-state index contributed by atoms with van der Waals surface area (Å²) in [7, 11) is 0. The number of rotatable bonds is 5. The summed E-state index contributed by atoms with van der Waals surface area (Å²) in [5, 5.41) is 4.15. The molecule has 0 aliphatic heterocycles. The first-order chi connectivity index (χ1) is 10.7. The Kier molecular flexibility index (Phi) is 4.24. The van der Waals surface area contributed by atoms with Crippen LogP contribution < -0.4 is 5.32 Å². The molecular formula is C19H20N2O. The van der Waals surface area contributed by atoms with Crippen molar-refractivity contribution in [1.29, 1.82) is 0 Å². The second-order valence-corrected chi connectivity index (χ2v) is 5.64. The number of carbonyl (C=O) groups is 1. The fraction of sp³-hybridized carbons (Fsp3) is 0.211. The van der Waals surface area contributed by atoms with Crippen LogP contribution >= 0.6 is 0 Å². The number of hydrogen-bond acceptors (Lipinski definition) is 1. The number of benzene rings is 2. The first kappa shape index (κ1) is 14.4. The Morgan fingerprint density at radius 1 is 1.05 bits per heavy atom. The summed E-state index contributed by atoms with van der Waals surface area (Å²) in [6, 6.07) is 18.4. The molecular weight excluding hydrogens is 272 g/mol. The highest BCUT2D eigenvalue weighted by Crippen LogP contribution is 2.17. The van der Waals surface area contributed by atoms with E-state index in [1.165, 1.54) is 5.56 Å². The van der Waals surface area contributed by atoms with Crippen molar-refractivity contribution >= 4 is 16.8 Å². The maximum Gasteiger partial charge on any atom is 0.224 e. The van der Waals surface area contributed by atoms with Crippen LogP contribution in [-0.4, -0.2) is 17.4 Å². The second-order valence-electron chi connectivity index (χ2n) is 5.64. The summed E-state index contributed by atoms with van der Waals surface area (Å²) in [4.78, 5) is 15.3. The van der Waals surface area contributed by atoms with Crippen LogP contribution in [0.2, 0.25) is 0 Å². The van der Waals surface area contributed by atoms with E-state index in [9.17, 15) is 4.79 Å². The molecule has 0 aliphatic carbocycles. The summed E-state index contributed by atoms with van der Waals surface area (Å²) in [5.41, 5.74) is 4.54. The molecule has 3 aromatic rings. The maximum atomic E-state index is 12.0. The van der Waals surface area contributed by atoms with Gasteiger partial charge in [0.05, 0.1) is 6.42 Å². The molecule has 0 radical (unpaired) electrons. The number of aromatic nitrogens is 1. The minimum Gasteiger partial charge on any atom is -0.359 e. The van der Waals surface area contributed by atoms with Crippen LogP contribution in [0.5, 0.6) is 0 Å². The molecule has 1 aromatic heterocycles. The van der Waals surface area contributed by atoms with E-state index >= 15 is 0 Å². The van der Waals surface area contributed by atoms with Gasteiger partial charge in [0, 0.05) is 17.8 Å². The predicted octanol–water partition coefficient (Wildman–Crippen LogP) is 3.38. The zero-order valence-electron chi connectivity index (χ0n) is 12.7. The van der Waals surface area contributed by atoms with Crippen LogP contribution in [0.3, 0.4) is 0 Å². The summed E-state index contributed by atoms with van der Waals surface area (Å²) in [6.07, 6.45) is 1.29. The van der Waals surface area contributed by atoms with Crippen molar-refractivity contribution in [3.05, 3.63) is 71.4 Å². The van der Waals surface area contributed by atoms with Gasteiger partial charge in [-0.3, -0.25) is 4.79 Å². The number of amides is 1.